The Morgan fingerprint density at radius 2 is 0.529 bits per heavy atom. The normalized spacial score (nSPS) is 17.7. The Balaban J connectivity index is 0.000000139. The number of benzene rings is 4. The first kappa shape index (κ1) is 99.6. The maximum atomic E-state index is 13.5. The van der Waals surface area contributed by atoms with E-state index in [0.717, 1.165) is 18.3 Å². The highest BCUT2D eigenvalue weighted by Gasteiger charge is 2.42. The Bertz CT molecular complexity index is 7320. The second-order valence-corrected chi connectivity index (χ2v) is 37.8. The summed E-state index contributed by atoms with van der Waals surface area (Å²) in [4.78, 5) is 124. The van der Waals surface area contributed by atoms with E-state index in [9.17, 15) is 79.8 Å². The van der Waals surface area contributed by atoms with Crippen molar-refractivity contribution in [3.8, 4) is 69.3 Å². The van der Waals surface area contributed by atoms with Gasteiger partial charge in [-0.1, -0.05) is 110 Å². The van der Waals surface area contributed by atoms with Crippen molar-refractivity contribution in [3.05, 3.63) is 288 Å². The van der Waals surface area contributed by atoms with Gasteiger partial charge in [-0.15, -0.1) is 45.3 Å². The van der Waals surface area contributed by atoms with Crippen LogP contribution in [0.3, 0.4) is 0 Å². The number of hydrogen-bond acceptors (Lipinski definition) is 28. The van der Waals surface area contributed by atoms with Gasteiger partial charge in [0.15, 0.2) is 0 Å². The molecule has 4 aromatic carbocycles. The molecule has 12 aromatic heterocycles. The number of fused-ring (bicyclic) bond motifs is 12. The van der Waals surface area contributed by atoms with Gasteiger partial charge in [0.05, 0.1) is 263 Å². The highest BCUT2D eigenvalue weighted by atomic mass is 35.5. The van der Waals surface area contributed by atoms with Crippen LogP contribution >= 0.6 is 91.8 Å². The zero-order valence-electron chi connectivity index (χ0n) is 73.4. The second kappa shape index (κ2) is 40.6. The van der Waals surface area contributed by atoms with Crippen LogP contribution in [0.4, 0.5) is 0 Å². The predicted octanol–water partition coefficient (Wildman–Crippen LogP) is 10.1. The van der Waals surface area contributed by atoms with Gasteiger partial charge in [0.1, 0.15) is 40.6 Å². The van der Waals surface area contributed by atoms with E-state index in [4.69, 9.17) is 65.4 Å². The molecule has 4 N–H and O–H groups in total. The van der Waals surface area contributed by atoms with E-state index in [1.165, 1.54) is 91.8 Å². The molecule has 16 aromatic rings. The average Bonchev–Trinajstić information content (AvgIpc) is 1.57. The molecule has 0 fully saturated rings. The largest absolute Gasteiger partial charge is 0.394 e. The second-order valence-electron chi connectivity index (χ2n) is 32.7. The average molecular weight is 2020 g/mol. The summed E-state index contributed by atoms with van der Waals surface area (Å²) in [6, 6.07) is 36.4. The van der Waals surface area contributed by atoms with Crippen LogP contribution in [0.25, 0.3) is 88.6 Å². The van der Waals surface area contributed by atoms with Crippen molar-refractivity contribution >= 4 is 135 Å². The number of aryl methyl sites for hydroxylation is 4. The van der Waals surface area contributed by atoms with Gasteiger partial charge < -0.3 is 57.6 Å². The molecule has 4 aliphatic rings. The highest BCUT2D eigenvalue weighted by molar-refractivity contribution is 7.11. The first-order valence-corrected chi connectivity index (χ1v) is 47.1. The van der Waals surface area contributed by atoms with Crippen molar-refractivity contribution in [1.29, 1.82) is 21.0 Å². The van der Waals surface area contributed by atoms with Crippen molar-refractivity contribution in [2.45, 2.75) is 89.1 Å². The van der Waals surface area contributed by atoms with Gasteiger partial charge in [0.2, 0.25) is 0 Å². The minimum atomic E-state index is -0.542. The maximum absolute atomic E-state index is 13.5. The van der Waals surface area contributed by atoms with Crippen LogP contribution in [0.2, 0.25) is 20.6 Å². The summed E-state index contributed by atoms with van der Waals surface area (Å²) in [5, 5.41) is 90.2. The van der Waals surface area contributed by atoms with Gasteiger partial charge in [-0.05, 0) is 48.5 Å². The van der Waals surface area contributed by atoms with Crippen LogP contribution in [0.15, 0.2) is 157 Å². The number of nitriles is 4. The topological polar surface area (TPSA) is 460 Å². The summed E-state index contributed by atoms with van der Waals surface area (Å²) in [7, 11) is 12.3. The fourth-order valence-corrected chi connectivity index (χ4v) is 22.6. The quantitative estimate of drug-likeness (QED) is 0.0883. The van der Waals surface area contributed by atoms with Crippen molar-refractivity contribution in [2.75, 3.05) is 52.9 Å². The summed E-state index contributed by atoms with van der Waals surface area (Å²) in [6.07, 6.45) is -2.17. The van der Waals surface area contributed by atoms with E-state index in [1.54, 1.807) is 123 Å². The van der Waals surface area contributed by atoms with Crippen molar-refractivity contribution in [1.82, 2.24) is 74.7 Å². The predicted molar refractivity (Wildman–Crippen MR) is 527 cm³/mol. The highest BCUT2D eigenvalue weighted by Crippen LogP contribution is 2.47. The molecular weight excluding hydrogens is 1940 g/mol. The zero-order valence-corrected chi connectivity index (χ0v) is 79.7. The molecule has 20 rings (SSSR count). The number of halogens is 4. The molecule has 0 aliphatic carbocycles. The van der Waals surface area contributed by atoms with E-state index >= 15 is 0 Å². The number of rotatable bonds is 12. The minimum Gasteiger partial charge on any atom is -0.394 e. The summed E-state index contributed by atoms with van der Waals surface area (Å²) < 4.78 is 41.9. The van der Waals surface area contributed by atoms with Crippen LogP contribution in [0.1, 0.15) is 104 Å². The Morgan fingerprint density at radius 1 is 0.333 bits per heavy atom. The third-order valence-electron chi connectivity index (χ3n) is 24.7. The van der Waals surface area contributed by atoms with Crippen molar-refractivity contribution < 1.29 is 39.4 Å². The standard InChI is InChI=1S/4C23H20ClN5O4S.2CH4/c4*1-27-20-17(22(31)28(2)23(27)32)18(13-5-3-4-12(6-13)7-25)29-8-14(9-30)33-10-15(19(20)29)21-26-16(24)11-34-21;;/h4*3-6,11,14-15,30H,8-10H2,1-2H3;2*1H4/t2*14-,15+;2*14-,15-;;/m1010../s1. The molecule has 0 unspecified atom stereocenters. The van der Waals surface area contributed by atoms with Crippen LogP contribution in [-0.2, 0) is 102 Å². The van der Waals surface area contributed by atoms with E-state index in [1.807, 2.05) is 42.5 Å². The van der Waals surface area contributed by atoms with Gasteiger partial charge in [0, 0.05) is 100 Å². The molecule has 36 nitrogen and oxygen atoms in total. The third-order valence-corrected chi connectivity index (χ3v) is 29.8. The first-order chi connectivity index (χ1) is 65.4. The maximum Gasteiger partial charge on any atom is 0.331 e. The van der Waals surface area contributed by atoms with E-state index < -0.39 is 93.1 Å². The molecular formula is C94H88Cl4N20O16S4. The molecule has 16 heterocycles. The molecule has 0 saturated heterocycles. The van der Waals surface area contributed by atoms with Gasteiger partial charge in [0.25, 0.3) is 22.2 Å². The Hall–Kier alpha value is -12.9. The molecule has 0 saturated carbocycles. The van der Waals surface area contributed by atoms with E-state index in [0.29, 0.717) is 174 Å². The Labute approximate surface area is 819 Å². The fourth-order valence-electron chi connectivity index (χ4n) is 18.5. The number of aliphatic hydroxyl groups is 4. The Kier molecular flexibility index (Phi) is 29.3. The Morgan fingerprint density at radius 3 is 0.696 bits per heavy atom. The van der Waals surface area contributed by atoms with E-state index in [2.05, 4.69) is 44.2 Å². The summed E-state index contributed by atoms with van der Waals surface area (Å²) in [5.41, 5.74) is 7.71. The number of aliphatic hydroxyl groups excluding tert-OH is 4. The van der Waals surface area contributed by atoms with Gasteiger partial charge in [-0.2, -0.15) is 21.0 Å². The number of nitrogens with zero attached hydrogens (tertiary/aromatic N) is 20. The molecule has 712 valence electrons. The number of hydrogen-bond donors (Lipinski definition) is 4. The van der Waals surface area contributed by atoms with Crippen molar-refractivity contribution in [2.24, 2.45) is 56.4 Å². The lowest BCUT2D eigenvalue weighted by Crippen LogP contribution is -2.37. The van der Waals surface area contributed by atoms with Crippen LogP contribution < -0.4 is 45.0 Å². The monoisotopic (exact) mass is 2020 g/mol. The van der Waals surface area contributed by atoms with Gasteiger partial charge >= 0.3 is 22.8 Å². The molecule has 138 heavy (non-hydrogen) atoms. The molecule has 0 radical (unpaired) electrons. The smallest absolute Gasteiger partial charge is 0.331 e. The fraction of sp³-hybridized carbons (Fsp3) is 0.319. The van der Waals surface area contributed by atoms with Crippen LogP contribution in [0, 0.1) is 45.3 Å². The van der Waals surface area contributed by atoms with Gasteiger partial charge in [-0.25, -0.2) is 39.1 Å². The number of ether oxygens (including phenoxy) is 4. The first-order valence-electron chi connectivity index (χ1n) is 42.1. The lowest BCUT2D eigenvalue weighted by Gasteiger charge is -2.16. The number of thiazole rings is 4. The molecule has 0 spiro atoms. The lowest BCUT2D eigenvalue weighted by atomic mass is 10.0. The number of aromatic nitrogens is 16. The summed E-state index contributed by atoms with van der Waals surface area (Å²) >= 11 is 30.0. The minimum absolute atomic E-state index is 0. The zero-order chi connectivity index (χ0) is 96.6. The summed E-state index contributed by atoms with van der Waals surface area (Å²) in [6.45, 7) is 0.844. The van der Waals surface area contributed by atoms with Crippen LogP contribution in [0.5, 0.6) is 0 Å². The summed E-state index contributed by atoms with van der Waals surface area (Å²) in [5.74, 6) is -1.71. The van der Waals surface area contributed by atoms with Gasteiger partial charge in [-0.3, -0.25) is 55.7 Å². The molecule has 44 heteroatoms. The SMILES string of the molecule is C.C.Cn1c(=O)c2c(-c3cccc(C#N)c3)n3c(c2n(C)c1=O)[C@@H](c1nc(Cl)cs1)CO[C@@H](CO)C3.Cn1c(=O)c2c(-c3cccc(C#N)c3)n3c(c2n(C)c1=O)[C@@H](c1nc(Cl)cs1)CO[C@H](CO)C3.Cn1c(=O)c2c(-c3cccc(C#N)c3)n3c(c2n(C)c1=O)[C@H](c1nc(Cl)cs1)CO[C@@H](CO)C3.Cn1c(=O)c2c(-c3cccc(C#N)c3)n3c(c2n(C)c1=O)[C@H](c1nc(Cl)cs1)CO[C@H](CO)C3. The third kappa shape index (κ3) is 17.6. The molecule has 4 aliphatic heterocycles. The van der Waals surface area contributed by atoms with Crippen molar-refractivity contribution in [3.63, 3.8) is 0 Å². The lowest BCUT2D eigenvalue weighted by molar-refractivity contribution is 0.00849. The molecule has 8 atom stereocenters. The molecule has 0 bridgehead atoms. The molecule has 0 amide bonds. The van der Waals surface area contributed by atoms with E-state index in [-0.39, 0.29) is 93.9 Å². The van der Waals surface area contributed by atoms with Crippen LogP contribution in [-0.4, -0.2) is 172 Å².